The molecular weight excluding hydrogens is 608 g/mol. The van der Waals surface area contributed by atoms with E-state index in [9.17, 15) is 8.78 Å². The zero-order valence-electron chi connectivity index (χ0n) is 21.7. The molecule has 0 amide bonds. The summed E-state index contributed by atoms with van der Waals surface area (Å²) < 4.78 is 35.9. The Bertz CT molecular complexity index is 1210. The molecule has 4 aromatic rings. The van der Waals surface area contributed by atoms with Gasteiger partial charge in [-0.25, -0.2) is 0 Å². The fourth-order valence-electron chi connectivity index (χ4n) is 5.51. The fraction of sp³-hybridized carbons (Fsp3) is 0.273. The van der Waals surface area contributed by atoms with Crippen molar-refractivity contribution >= 4 is 20.8 Å². The Balaban J connectivity index is 1.37. The molecule has 1 saturated carbocycles. The molecule has 1 nitrogen and oxygen atoms in total. The molecule has 0 radical (unpaired) electrons. The maximum atomic E-state index is 14.9. The van der Waals surface area contributed by atoms with Gasteiger partial charge in [-0.15, -0.1) is 0 Å². The van der Waals surface area contributed by atoms with Crippen molar-refractivity contribution in [1.82, 2.24) is 0 Å². The summed E-state index contributed by atoms with van der Waals surface area (Å²) in [5, 5.41) is 4.39. The third-order valence-corrected chi connectivity index (χ3v) is 21.5. The molecule has 0 atom stereocenters. The number of hydrogen-bond donors (Lipinski definition) is 0. The van der Waals surface area contributed by atoms with Gasteiger partial charge < -0.3 is 0 Å². The Hall–Kier alpha value is -2.30. The van der Waals surface area contributed by atoms with Crippen molar-refractivity contribution in [2.45, 2.75) is 38.5 Å². The van der Waals surface area contributed by atoms with Crippen LogP contribution >= 0.6 is 4.90 Å². The SMILES string of the molecule is CCOc1ccc(C2CCC(C[I-][P+](c3ccccc3)(c3ccccc3)c3ccccc3)CC2)c(F)c1F. The molecule has 0 N–H and O–H groups in total. The van der Waals surface area contributed by atoms with E-state index in [1.807, 2.05) is 0 Å². The molecule has 0 spiro atoms. The first-order chi connectivity index (χ1) is 18.6. The summed E-state index contributed by atoms with van der Waals surface area (Å²) in [5.41, 5.74) is 0.513. The van der Waals surface area contributed by atoms with E-state index in [0.717, 1.165) is 25.7 Å². The minimum atomic E-state index is -1.73. The number of alkyl halides is 1. The molecule has 1 aliphatic carbocycles. The first-order valence-electron chi connectivity index (χ1n) is 13.4. The predicted octanol–water partition coefficient (Wildman–Crippen LogP) is 4.64. The van der Waals surface area contributed by atoms with Crippen molar-refractivity contribution in [3.63, 3.8) is 0 Å². The maximum absolute atomic E-state index is 14.9. The number of hydrogen-bond acceptors (Lipinski definition) is 1. The van der Waals surface area contributed by atoms with Gasteiger partial charge in [0.1, 0.15) is 0 Å². The molecule has 38 heavy (non-hydrogen) atoms. The van der Waals surface area contributed by atoms with Gasteiger partial charge in [-0.2, -0.15) is 0 Å². The third-order valence-electron chi connectivity index (χ3n) is 7.47. The molecule has 0 bridgehead atoms. The van der Waals surface area contributed by atoms with Crippen molar-refractivity contribution in [3.8, 4) is 5.75 Å². The van der Waals surface area contributed by atoms with E-state index in [2.05, 4.69) is 91.0 Å². The van der Waals surface area contributed by atoms with Crippen LogP contribution in [0.5, 0.6) is 5.75 Å². The van der Waals surface area contributed by atoms with Gasteiger partial charge in [0.25, 0.3) is 0 Å². The zero-order valence-corrected chi connectivity index (χ0v) is 24.8. The Kier molecular flexibility index (Phi) is 9.12. The Morgan fingerprint density at radius 1 is 0.684 bits per heavy atom. The summed E-state index contributed by atoms with van der Waals surface area (Å²) in [6.07, 6.45) is 3.95. The summed E-state index contributed by atoms with van der Waals surface area (Å²) in [6.45, 7) is 2.10. The first-order valence-corrected chi connectivity index (χ1v) is 19.5. The Labute approximate surface area is 235 Å². The van der Waals surface area contributed by atoms with Gasteiger partial charge in [-0.05, 0) is 0 Å². The Morgan fingerprint density at radius 2 is 1.18 bits per heavy atom. The minimum absolute atomic E-state index is 0.00947. The number of ether oxygens (including phenoxy) is 1. The van der Waals surface area contributed by atoms with Crippen LogP contribution in [0.3, 0.4) is 0 Å². The molecule has 198 valence electrons. The van der Waals surface area contributed by atoms with Gasteiger partial charge in [-0.3, -0.25) is 0 Å². The topological polar surface area (TPSA) is 9.23 Å². The monoisotopic (exact) mass is 642 g/mol. The second kappa shape index (κ2) is 12.7. The molecular formula is C33H34F2IOP. The van der Waals surface area contributed by atoms with Crippen LogP contribution in [-0.4, -0.2) is 11.0 Å². The van der Waals surface area contributed by atoms with E-state index in [1.165, 1.54) is 20.3 Å². The molecule has 4 aromatic carbocycles. The molecule has 0 aliphatic heterocycles. The van der Waals surface area contributed by atoms with Crippen LogP contribution in [0.15, 0.2) is 103 Å². The van der Waals surface area contributed by atoms with E-state index in [4.69, 9.17) is 4.74 Å². The second-order valence-corrected chi connectivity index (χ2v) is 20.0. The van der Waals surface area contributed by atoms with Gasteiger partial charge in [0.15, 0.2) is 0 Å². The summed E-state index contributed by atoms with van der Waals surface area (Å²) >= 11 is -0.219. The van der Waals surface area contributed by atoms with Gasteiger partial charge in [-0.1, -0.05) is 0 Å². The van der Waals surface area contributed by atoms with Gasteiger partial charge >= 0.3 is 237 Å². The third kappa shape index (κ3) is 5.67. The Morgan fingerprint density at radius 3 is 1.66 bits per heavy atom. The quantitative estimate of drug-likeness (QED) is 0.147. The van der Waals surface area contributed by atoms with Gasteiger partial charge in [0.05, 0.1) is 0 Å². The van der Waals surface area contributed by atoms with Crippen molar-refractivity contribution in [2.24, 2.45) is 5.92 Å². The van der Waals surface area contributed by atoms with Crippen molar-refractivity contribution < 1.29 is 34.2 Å². The van der Waals surface area contributed by atoms with E-state index >= 15 is 0 Å². The average molecular weight is 643 g/mol. The summed E-state index contributed by atoms with van der Waals surface area (Å²) in [7, 11) is 0. The van der Waals surface area contributed by atoms with E-state index in [-0.39, 0.29) is 32.3 Å². The van der Waals surface area contributed by atoms with Crippen LogP contribution in [0.2, 0.25) is 0 Å². The van der Waals surface area contributed by atoms with Crippen LogP contribution in [0.25, 0.3) is 0 Å². The average Bonchev–Trinajstić information content (AvgIpc) is 2.98. The van der Waals surface area contributed by atoms with Crippen molar-refractivity contribution in [3.05, 3.63) is 120 Å². The first kappa shape index (κ1) is 27.3. The van der Waals surface area contributed by atoms with Gasteiger partial charge in [0.2, 0.25) is 0 Å². The number of benzene rings is 4. The normalized spacial score (nSPS) is 17.9. The van der Waals surface area contributed by atoms with Crippen LogP contribution in [-0.2, 0) is 0 Å². The molecule has 0 unspecified atom stereocenters. The van der Waals surface area contributed by atoms with Crippen LogP contribution in [0.4, 0.5) is 8.78 Å². The molecule has 5 heteroatoms. The molecule has 0 heterocycles. The van der Waals surface area contributed by atoms with Crippen molar-refractivity contribution in [1.29, 1.82) is 0 Å². The molecule has 0 saturated heterocycles. The van der Waals surface area contributed by atoms with Crippen LogP contribution < -0.4 is 41.3 Å². The second-order valence-electron chi connectivity index (χ2n) is 9.80. The number of halogens is 3. The fourth-order valence-corrected chi connectivity index (χ4v) is 19.7. The zero-order chi connectivity index (χ0) is 26.4. The molecule has 1 aliphatic rings. The van der Waals surface area contributed by atoms with Crippen LogP contribution in [0.1, 0.15) is 44.1 Å². The molecule has 5 rings (SSSR count). The molecule has 0 aromatic heterocycles. The van der Waals surface area contributed by atoms with Crippen molar-refractivity contribution in [2.75, 3.05) is 11.0 Å². The summed E-state index contributed by atoms with van der Waals surface area (Å²) in [5.74, 6) is -0.860. The summed E-state index contributed by atoms with van der Waals surface area (Å²) in [6, 6.07) is 36.7. The number of rotatable bonds is 9. The van der Waals surface area contributed by atoms with E-state index < -0.39 is 16.5 Å². The predicted molar refractivity (Wildman–Crippen MR) is 152 cm³/mol. The van der Waals surface area contributed by atoms with E-state index in [1.54, 1.807) is 19.1 Å². The summed E-state index contributed by atoms with van der Waals surface area (Å²) in [4.78, 5) is -1.73. The molecule has 1 fully saturated rings. The standard InChI is InChI=1S/C33H34F2IOP/c1-2-37-31-23-22-30(32(34)33(31)35)26-20-18-25(19-21-26)24-36-38(27-12-6-3-7-13-27,28-14-8-4-9-15-28)29-16-10-5-11-17-29/h3-17,22-23,25-26H,2,18-21,24H2,1H3. The van der Waals surface area contributed by atoms with Gasteiger partial charge in [0, 0.05) is 0 Å². The van der Waals surface area contributed by atoms with Crippen LogP contribution in [0, 0.1) is 17.6 Å². The van der Waals surface area contributed by atoms with E-state index in [0.29, 0.717) is 18.1 Å².